The minimum atomic E-state index is -0.346. The summed E-state index contributed by atoms with van der Waals surface area (Å²) < 4.78 is 5.14. The number of amides is 2. The maximum absolute atomic E-state index is 12.3. The second kappa shape index (κ2) is 9.56. The highest BCUT2D eigenvalue weighted by Gasteiger charge is 2.29. The molecule has 0 aliphatic carbocycles. The molecule has 1 aliphatic rings. The molecule has 138 valence electrons. The molecule has 0 aromatic carbocycles. The van der Waals surface area contributed by atoms with Crippen LogP contribution in [0.25, 0.3) is 0 Å². The smallest absolute Gasteiger partial charge is 0.309 e. The van der Waals surface area contributed by atoms with Crippen molar-refractivity contribution in [3.63, 3.8) is 0 Å². The molecule has 1 aromatic heterocycles. The van der Waals surface area contributed by atoms with Gasteiger partial charge in [0.1, 0.15) is 0 Å². The fourth-order valence-electron chi connectivity index (χ4n) is 2.95. The Balaban J connectivity index is 1.70. The minimum absolute atomic E-state index is 0.0195. The predicted octanol–water partition coefficient (Wildman–Crippen LogP) is 2.45. The SMILES string of the molecule is CCC[C@H](C)NC(=O)COC(=O)C1CCN(C(=O)c2cccs2)CC1. The van der Waals surface area contributed by atoms with Crippen LogP contribution in [0.2, 0.25) is 0 Å². The lowest BCUT2D eigenvalue weighted by Gasteiger charge is -2.30. The van der Waals surface area contributed by atoms with Gasteiger partial charge in [-0.3, -0.25) is 14.4 Å². The van der Waals surface area contributed by atoms with Crippen molar-refractivity contribution in [2.45, 2.75) is 45.6 Å². The molecular formula is C18H26N2O4S. The molecule has 0 saturated carbocycles. The van der Waals surface area contributed by atoms with Gasteiger partial charge in [0, 0.05) is 19.1 Å². The standard InChI is InChI=1S/C18H26N2O4S/c1-3-5-13(2)19-16(21)12-24-18(23)14-7-9-20(10-8-14)17(22)15-6-4-11-25-15/h4,6,11,13-14H,3,5,7-10,12H2,1-2H3,(H,19,21)/t13-/m0/s1. The van der Waals surface area contributed by atoms with E-state index in [1.54, 1.807) is 4.90 Å². The molecule has 7 heteroatoms. The normalized spacial score (nSPS) is 16.3. The topological polar surface area (TPSA) is 75.7 Å². The summed E-state index contributed by atoms with van der Waals surface area (Å²) in [6, 6.07) is 3.75. The number of esters is 1. The highest BCUT2D eigenvalue weighted by atomic mass is 32.1. The van der Waals surface area contributed by atoms with Crippen molar-refractivity contribution in [1.82, 2.24) is 10.2 Å². The van der Waals surface area contributed by atoms with Crippen molar-refractivity contribution in [3.8, 4) is 0 Å². The van der Waals surface area contributed by atoms with Crippen molar-refractivity contribution < 1.29 is 19.1 Å². The van der Waals surface area contributed by atoms with Crippen LogP contribution in [0, 0.1) is 5.92 Å². The molecule has 2 amide bonds. The summed E-state index contributed by atoms with van der Waals surface area (Å²) in [6.07, 6.45) is 3.04. The van der Waals surface area contributed by atoms with Gasteiger partial charge in [-0.1, -0.05) is 19.4 Å². The van der Waals surface area contributed by atoms with E-state index in [9.17, 15) is 14.4 Å². The molecule has 0 bridgehead atoms. The molecule has 2 heterocycles. The third kappa shape index (κ3) is 5.85. The number of rotatable bonds is 7. The highest BCUT2D eigenvalue weighted by Crippen LogP contribution is 2.21. The monoisotopic (exact) mass is 366 g/mol. The molecule has 1 aromatic rings. The van der Waals surface area contributed by atoms with E-state index in [1.165, 1.54) is 11.3 Å². The first kappa shape index (κ1) is 19.4. The van der Waals surface area contributed by atoms with Crippen LogP contribution in [0.5, 0.6) is 0 Å². The molecule has 0 radical (unpaired) electrons. The number of carbonyl (C=O) groups excluding carboxylic acids is 3. The zero-order valence-corrected chi connectivity index (χ0v) is 15.6. The fourth-order valence-corrected chi connectivity index (χ4v) is 3.64. The second-order valence-corrected chi connectivity index (χ2v) is 7.36. The largest absolute Gasteiger partial charge is 0.455 e. The van der Waals surface area contributed by atoms with Crippen LogP contribution in [0.15, 0.2) is 17.5 Å². The van der Waals surface area contributed by atoms with Crippen LogP contribution in [0.4, 0.5) is 0 Å². The summed E-state index contributed by atoms with van der Waals surface area (Å²) in [7, 11) is 0. The van der Waals surface area contributed by atoms with Crippen molar-refractivity contribution >= 4 is 29.1 Å². The highest BCUT2D eigenvalue weighted by molar-refractivity contribution is 7.12. The summed E-state index contributed by atoms with van der Waals surface area (Å²) in [6.45, 7) is 4.83. The summed E-state index contributed by atoms with van der Waals surface area (Å²) in [4.78, 5) is 38.6. The summed E-state index contributed by atoms with van der Waals surface area (Å²) >= 11 is 1.42. The van der Waals surface area contributed by atoms with Gasteiger partial charge in [-0.05, 0) is 37.6 Å². The van der Waals surface area contributed by atoms with Gasteiger partial charge in [-0.15, -0.1) is 11.3 Å². The zero-order chi connectivity index (χ0) is 18.2. The Hall–Kier alpha value is -1.89. The molecule has 1 N–H and O–H groups in total. The van der Waals surface area contributed by atoms with Crippen LogP contribution in [0.3, 0.4) is 0 Å². The number of likely N-dealkylation sites (tertiary alicyclic amines) is 1. The lowest BCUT2D eigenvalue weighted by atomic mass is 9.97. The number of ether oxygens (including phenoxy) is 1. The van der Waals surface area contributed by atoms with E-state index >= 15 is 0 Å². The van der Waals surface area contributed by atoms with Crippen LogP contribution in [0.1, 0.15) is 49.2 Å². The number of hydrogen-bond acceptors (Lipinski definition) is 5. The van der Waals surface area contributed by atoms with E-state index in [0.717, 1.165) is 17.7 Å². The van der Waals surface area contributed by atoms with Gasteiger partial charge < -0.3 is 15.0 Å². The third-order valence-electron chi connectivity index (χ3n) is 4.32. The molecule has 25 heavy (non-hydrogen) atoms. The number of carbonyl (C=O) groups is 3. The van der Waals surface area contributed by atoms with E-state index in [0.29, 0.717) is 25.9 Å². The number of nitrogens with one attached hydrogen (secondary N) is 1. The average molecular weight is 366 g/mol. The molecule has 2 rings (SSSR count). The Morgan fingerprint density at radius 1 is 1.36 bits per heavy atom. The van der Waals surface area contributed by atoms with Crippen LogP contribution in [-0.4, -0.2) is 48.4 Å². The van der Waals surface area contributed by atoms with Crippen LogP contribution in [-0.2, 0) is 14.3 Å². The predicted molar refractivity (Wildman–Crippen MR) is 96.4 cm³/mol. The number of nitrogens with zero attached hydrogens (tertiary/aromatic N) is 1. The van der Waals surface area contributed by atoms with Gasteiger partial charge in [-0.25, -0.2) is 0 Å². The summed E-state index contributed by atoms with van der Waals surface area (Å²) in [5.41, 5.74) is 0. The first-order valence-corrected chi connectivity index (χ1v) is 9.68. The molecule has 1 saturated heterocycles. The Kier molecular flexibility index (Phi) is 7.43. The Morgan fingerprint density at radius 3 is 2.68 bits per heavy atom. The van der Waals surface area contributed by atoms with E-state index in [1.807, 2.05) is 24.4 Å². The molecule has 6 nitrogen and oxygen atoms in total. The number of thiophene rings is 1. The van der Waals surface area contributed by atoms with Crippen molar-refractivity contribution in [3.05, 3.63) is 22.4 Å². The van der Waals surface area contributed by atoms with Gasteiger partial charge in [0.05, 0.1) is 10.8 Å². The summed E-state index contributed by atoms with van der Waals surface area (Å²) in [5.74, 6) is -0.833. The van der Waals surface area contributed by atoms with Crippen LogP contribution < -0.4 is 5.32 Å². The first-order valence-electron chi connectivity index (χ1n) is 8.80. The first-order chi connectivity index (χ1) is 12.0. The third-order valence-corrected chi connectivity index (χ3v) is 5.18. The van der Waals surface area contributed by atoms with E-state index in [4.69, 9.17) is 4.74 Å². The average Bonchev–Trinajstić information content (AvgIpc) is 3.14. The van der Waals surface area contributed by atoms with Gasteiger partial charge in [0.2, 0.25) is 0 Å². The fraction of sp³-hybridized carbons (Fsp3) is 0.611. The van der Waals surface area contributed by atoms with Gasteiger partial charge in [0.15, 0.2) is 6.61 Å². The quantitative estimate of drug-likeness (QED) is 0.752. The van der Waals surface area contributed by atoms with E-state index in [-0.39, 0.29) is 36.4 Å². The molecule has 0 spiro atoms. The lowest BCUT2D eigenvalue weighted by Crippen LogP contribution is -2.41. The molecular weight excluding hydrogens is 340 g/mol. The zero-order valence-electron chi connectivity index (χ0n) is 14.8. The van der Waals surface area contributed by atoms with Crippen molar-refractivity contribution in [2.24, 2.45) is 5.92 Å². The number of hydrogen-bond donors (Lipinski definition) is 1. The van der Waals surface area contributed by atoms with E-state index in [2.05, 4.69) is 12.2 Å². The maximum atomic E-state index is 12.3. The Bertz CT molecular complexity index is 580. The molecule has 1 atom stereocenters. The lowest BCUT2D eigenvalue weighted by molar-refractivity contribution is -0.154. The van der Waals surface area contributed by atoms with Gasteiger partial charge in [0.25, 0.3) is 11.8 Å². The van der Waals surface area contributed by atoms with Crippen molar-refractivity contribution in [1.29, 1.82) is 0 Å². The maximum Gasteiger partial charge on any atom is 0.309 e. The minimum Gasteiger partial charge on any atom is -0.455 e. The van der Waals surface area contributed by atoms with Crippen molar-refractivity contribution in [2.75, 3.05) is 19.7 Å². The van der Waals surface area contributed by atoms with Gasteiger partial charge in [-0.2, -0.15) is 0 Å². The molecule has 1 fully saturated rings. The Labute approximate surface area is 152 Å². The van der Waals surface area contributed by atoms with E-state index < -0.39 is 0 Å². The molecule has 0 unspecified atom stereocenters. The van der Waals surface area contributed by atoms with Crippen LogP contribution >= 0.6 is 11.3 Å². The Morgan fingerprint density at radius 2 is 2.08 bits per heavy atom. The number of piperidine rings is 1. The second-order valence-electron chi connectivity index (χ2n) is 6.41. The van der Waals surface area contributed by atoms with Gasteiger partial charge >= 0.3 is 5.97 Å². The molecule has 1 aliphatic heterocycles. The summed E-state index contributed by atoms with van der Waals surface area (Å²) in [5, 5.41) is 4.69.